The summed E-state index contributed by atoms with van der Waals surface area (Å²) in [5.41, 5.74) is 9.73. The van der Waals surface area contributed by atoms with Crippen LogP contribution in [0.3, 0.4) is 0 Å². The van der Waals surface area contributed by atoms with Crippen molar-refractivity contribution in [2.24, 2.45) is 0 Å². The lowest BCUT2D eigenvalue weighted by molar-refractivity contribution is 1.18. The second-order valence-electron chi connectivity index (χ2n) is 12.1. The summed E-state index contributed by atoms with van der Waals surface area (Å²) in [6.45, 7) is 0. The summed E-state index contributed by atoms with van der Waals surface area (Å²) >= 11 is 0. The predicted molar refractivity (Wildman–Crippen MR) is 196 cm³/mol. The Hall–Kier alpha value is -6.12. The Balaban J connectivity index is 1.26. The van der Waals surface area contributed by atoms with Gasteiger partial charge in [0.15, 0.2) is 0 Å². The first kappa shape index (κ1) is 25.2. The van der Waals surface area contributed by atoms with E-state index in [4.69, 9.17) is 0 Å². The fourth-order valence-corrected chi connectivity index (χ4v) is 7.73. The molecule has 8 aromatic carbocycles. The lowest BCUT2D eigenvalue weighted by Crippen LogP contribution is -1.97. The third kappa shape index (κ3) is 3.53. The van der Waals surface area contributed by atoms with Crippen LogP contribution in [-0.2, 0) is 0 Å². The molecule has 0 aliphatic heterocycles. The Morgan fingerprint density at radius 2 is 0.870 bits per heavy atom. The summed E-state index contributed by atoms with van der Waals surface area (Å²) in [6, 6.07) is 62.0. The molecule has 10 rings (SSSR count). The fraction of sp³-hybridized carbons (Fsp3) is 0. The van der Waals surface area contributed by atoms with Gasteiger partial charge >= 0.3 is 0 Å². The molecule has 2 nitrogen and oxygen atoms in total. The number of hydrogen-bond acceptors (Lipinski definition) is 0. The summed E-state index contributed by atoms with van der Waals surface area (Å²) in [4.78, 5) is 0. The van der Waals surface area contributed by atoms with Crippen LogP contribution in [0.4, 0.5) is 0 Å². The van der Waals surface area contributed by atoms with Crippen molar-refractivity contribution in [3.05, 3.63) is 170 Å². The third-order valence-electron chi connectivity index (χ3n) is 9.68. The molecule has 46 heavy (non-hydrogen) atoms. The van der Waals surface area contributed by atoms with Gasteiger partial charge in [-0.2, -0.15) is 0 Å². The van der Waals surface area contributed by atoms with Crippen LogP contribution in [0.5, 0.6) is 0 Å². The van der Waals surface area contributed by atoms with Gasteiger partial charge < -0.3 is 9.13 Å². The number of rotatable bonds is 3. The lowest BCUT2D eigenvalue weighted by atomic mass is 9.93. The number of nitrogens with zero attached hydrogens (tertiary/aromatic N) is 2. The van der Waals surface area contributed by atoms with E-state index in [0.29, 0.717) is 0 Å². The molecular formula is C44H28N2. The zero-order valence-electron chi connectivity index (χ0n) is 25.1. The summed E-state index contributed by atoms with van der Waals surface area (Å²) in [6.07, 6.45) is 0. The average Bonchev–Trinajstić information content (AvgIpc) is 3.64. The Morgan fingerprint density at radius 1 is 0.304 bits per heavy atom. The third-order valence-corrected chi connectivity index (χ3v) is 9.68. The first-order valence-corrected chi connectivity index (χ1v) is 15.9. The van der Waals surface area contributed by atoms with Gasteiger partial charge in [0.05, 0.1) is 27.8 Å². The molecule has 214 valence electrons. The van der Waals surface area contributed by atoms with Crippen LogP contribution in [0, 0.1) is 0 Å². The monoisotopic (exact) mass is 584 g/mol. The van der Waals surface area contributed by atoms with E-state index >= 15 is 0 Å². The zero-order valence-corrected chi connectivity index (χ0v) is 25.1. The van der Waals surface area contributed by atoms with Crippen LogP contribution >= 0.6 is 0 Å². The summed E-state index contributed by atoms with van der Waals surface area (Å²) in [5, 5.41) is 10.2. The van der Waals surface area contributed by atoms with E-state index in [9.17, 15) is 0 Å². The van der Waals surface area contributed by atoms with E-state index in [0.717, 1.165) is 0 Å². The topological polar surface area (TPSA) is 9.86 Å². The van der Waals surface area contributed by atoms with Gasteiger partial charge in [0.1, 0.15) is 0 Å². The Morgan fingerprint density at radius 3 is 1.63 bits per heavy atom. The van der Waals surface area contributed by atoms with E-state index in [2.05, 4.69) is 179 Å². The van der Waals surface area contributed by atoms with Crippen LogP contribution in [0.15, 0.2) is 170 Å². The van der Waals surface area contributed by atoms with Crippen LogP contribution in [0.25, 0.3) is 87.7 Å². The maximum atomic E-state index is 2.43. The maximum absolute atomic E-state index is 2.43. The highest BCUT2D eigenvalue weighted by Gasteiger charge is 2.18. The molecule has 2 heteroatoms. The highest BCUT2D eigenvalue weighted by atomic mass is 15.0. The quantitative estimate of drug-likeness (QED) is 0.183. The van der Waals surface area contributed by atoms with Crippen molar-refractivity contribution in [1.29, 1.82) is 0 Å². The Labute approximate surface area is 266 Å². The SMILES string of the molecule is c1ccc(-n2c3ccccc3c3c4cc5cccc(-c6ccccc6-n6c7ccccc7c7ccccc76)c5cc4ccc32)cc1. The minimum atomic E-state index is 1.18. The smallest absolute Gasteiger partial charge is 0.0547 e. The van der Waals surface area contributed by atoms with E-state index in [1.54, 1.807) is 0 Å². The highest BCUT2D eigenvalue weighted by molar-refractivity contribution is 6.23. The van der Waals surface area contributed by atoms with E-state index < -0.39 is 0 Å². The number of fused-ring (bicyclic) bond motifs is 9. The van der Waals surface area contributed by atoms with Crippen LogP contribution in [0.1, 0.15) is 0 Å². The summed E-state index contributed by atoms with van der Waals surface area (Å²) in [7, 11) is 0. The van der Waals surface area contributed by atoms with Gasteiger partial charge in [-0.25, -0.2) is 0 Å². The van der Waals surface area contributed by atoms with Crippen molar-refractivity contribution in [1.82, 2.24) is 9.13 Å². The molecule has 2 aromatic heterocycles. The maximum Gasteiger partial charge on any atom is 0.0547 e. The highest BCUT2D eigenvalue weighted by Crippen LogP contribution is 2.42. The number of hydrogen-bond donors (Lipinski definition) is 0. The van der Waals surface area contributed by atoms with Crippen LogP contribution in [-0.4, -0.2) is 9.13 Å². The molecule has 0 saturated carbocycles. The molecule has 0 N–H and O–H groups in total. The molecule has 0 aliphatic carbocycles. The van der Waals surface area contributed by atoms with E-state index in [1.807, 2.05) is 0 Å². The van der Waals surface area contributed by atoms with Crippen LogP contribution in [0.2, 0.25) is 0 Å². The first-order valence-electron chi connectivity index (χ1n) is 15.9. The molecule has 10 aromatic rings. The van der Waals surface area contributed by atoms with Gasteiger partial charge in [0.25, 0.3) is 0 Å². The van der Waals surface area contributed by atoms with Gasteiger partial charge in [0, 0.05) is 32.8 Å². The summed E-state index contributed by atoms with van der Waals surface area (Å²) < 4.78 is 4.83. The second-order valence-corrected chi connectivity index (χ2v) is 12.1. The fourth-order valence-electron chi connectivity index (χ4n) is 7.73. The predicted octanol–water partition coefficient (Wildman–Crippen LogP) is 11.9. The molecular weight excluding hydrogens is 556 g/mol. The summed E-state index contributed by atoms with van der Waals surface area (Å²) in [5.74, 6) is 0. The molecule has 0 fully saturated rings. The average molecular weight is 585 g/mol. The standard InChI is InChI=1S/C44H28N2/c1-2-14-31(15-3-1)45-42-24-11-7-19-36(42)44-38-28-29-13-12-20-32(37(29)27-30(38)25-26-43(44)45)33-16-4-8-21-39(33)46-40-22-9-5-17-34(40)35-18-6-10-23-41(35)46/h1-28H. The molecule has 0 aliphatic rings. The van der Waals surface area contributed by atoms with Gasteiger partial charge in [0.2, 0.25) is 0 Å². The van der Waals surface area contributed by atoms with Crippen LogP contribution < -0.4 is 0 Å². The van der Waals surface area contributed by atoms with Crippen molar-refractivity contribution in [2.75, 3.05) is 0 Å². The second kappa shape index (κ2) is 9.69. The van der Waals surface area contributed by atoms with E-state index in [1.165, 1.54) is 87.7 Å². The molecule has 0 bridgehead atoms. The molecule has 0 spiro atoms. The molecule has 0 amide bonds. The van der Waals surface area contributed by atoms with Crippen molar-refractivity contribution >= 4 is 65.2 Å². The molecule has 0 saturated heterocycles. The number of para-hydroxylation sites is 5. The Kier molecular flexibility index (Phi) is 5.31. The number of aromatic nitrogens is 2. The van der Waals surface area contributed by atoms with Crippen molar-refractivity contribution in [3.63, 3.8) is 0 Å². The first-order chi connectivity index (χ1) is 22.8. The van der Waals surface area contributed by atoms with Crippen molar-refractivity contribution < 1.29 is 0 Å². The lowest BCUT2D eigenvalue weighted by Gasteiger charge is -2.16. The largest absolute Gasteiger partial charge is 0.309 e. The Bertz CT molecular complexity index is 2740. The zero-order chi connectivity index (χ0) is 30.2. The normalized spacial score (nSPS) is 11.9. The number of benzene rings is 8. The van der Waals surface area contributed by atoms with Crippen molar-refractivity contribution in [3.8, 4) is 22.5 Å². The van der Waals surface area contributed by atoms with Gasteiger partial charge in [-0.05, 0) is 81.7 Å². The minimum Gasteiger partial charge on any atom is -0.309 e. The molecule has 2 heterocycles. The minimum absolute atomic E-state index is 1.18. The molecule has 0 radical (unpaired) electrons. The molecule has 0 unspecified atom stereocenters. The van der Waals surface area contributed by atoms with Gasteiger partial charge in [-0.15, -0.1) is 0 Å². The van der Waals surface area contributed by atoms with E-state index in [-0.39, 0.29) is 0 Å². The van der Waals surface area contributed by atoms with Gasteiger partial charge in [-0.1, -0.05) is 115 Å². The van der Waals surface area contributed by atoms with Crippen molar-refractivity contribution in [2.45, 2.75) is 0 Å². The molecule has 0 atom stereocenters. The van der Waals surface area contributed by atoms with Gasteiger partial charge in [-0.3, -0.25) is 0 Å².